The number of aliphatic hydroxyl groups excluding tert-OH is 6. The van der Waals surface area contributed by atoms with Gasteiger partial charge in [0.1, 0.15) is 48.8 Å². The molecule has 5 rings (SSSR count). The van der Waals surface area contributed by atoms with Crippen LogP contribution in [0.3, 0.4) is 0 Å². The third-order valence-corrected chi connectivity index (χ3v) is 11.2. The van der Waals surface area contributed by atoms with Crippen LogP contribution in [-0.2, 0) is 28.4 Å². The molecule has 3 aliphatic heterocycles. The van der Waals surface area contributed by atoms with E-state index in [9.17, 15) is 30.6 Å². The van der Waals surface area contributed by atoms with Gasteiger partial charge in [0, 0.05) is 31.7 Å². The van der Waals surface area contributed by atoms with Crippen LogP contribution in [0.2, 0.25) is 0 Å². The van der Waals surface area contributed by atoms with Gasteiger partial charge < -0.3 is 98.8 Å². The minimum Gasteiger partial charge on any atom is -0.394 e. The van der Waals surface area contributed by atoms with Crippen molar-refractivity contribution in [3.05, 3.63) is 0 Å². The number of nitrogens with one attached hydrogen (secondary N) is 1. The van der Waals surface area contributed by atoms with Crippen molar-refractivity contribution in [2.24, 2.45) is 46.2 Å². The van der Waals surface area contributed by atoms with Crippen molar-refractivity contribution < 1.29 is 59.1 Å². The van der Waals surface area contributed by atoms with E-state index in [0.717, 1.165) is 25.8 Å². The van der Waals surface area contributed by atoms with Crippen LogP contribution in [0.15, 0.2) is 0 Å². The normalized spacial score (nSPS) is 48.4. The van der Waals surface area contributed by atoms with Gasteiger partial charge >= 0.3 is 0 Å². The molecular formula is C32H63N7O12. The van der Waals surface area contributed by atoms with Crippen molar-refractivity contribution >= 4 is 0 Å². The largest absolute Gasteiger partial charge is 0.394 e. The zero-order valence-corrected chi connectivity index (χ0v) is 29.1. The number of aliphatic hydroxyl groups is 6. The van der Waals surface area contributed by atoms with E-state index >= 15 is 0 Å². The van der Waals surface area contributed by atoms with Crippen LogP contribution in [-0.4, -0.2) is 174 Å². The number of hydrogen-bond acceptors (Lipinski definition) is 19. The Morgan fingerprint density at radius 2 is 1.39 bits per heavy atom. The minimum atomic E-state index is -1.55. The summed E-state index contributed by atoms with van der Waals surface area (Å²) in [6.07, 6.45) is -11.3. The first-order valence-corrected chi connectivity index (χ1v) is 18.4. The van der Waals surface area contributed by atoms with E-state index in [1.807, 2.05) is 0 Å². The van der Waals surface area contributed by atoms with Crippen LogP contribution in [0.25, 0.3) is 0 Å². The van der Waals surface area contributed by atoms with E-state index in [4.69, 9.17) is 62.8 Å². The molecule has 0 bridgehead atoms. The number of hydrogen-bond donors (Lipinski definition) is 13. The molecule has 2 saturated carbocycles. The van der Waals surface area contributed by atoms with Crippen molar-refractivity contribution in [1.82, 2.24) is 5.32 Å². The van der Waals surface area contributed by atoms with Crippen molar-refractivity contribution in [2.75, 3.05) is 32.8 Å². The van der Waals surface area contributed by atoms with Crippen molar-refractivity contribution in [3.8, 4) is 0 Å². The Morgan fingerprint density at radius 3 is 2.06 bits per heavy atom. The second-order valence-corrected chi connectivity index (χ2v) is 15.1. The smallest absolute Gasteiger partial charge is 0.187 e. The van der Waals surface area contributed by atoms with Gasteiger partial charge in [-0.2, -0.15) is 0 Å². The van der Waals surface area contributed by atoms with Gasteiger partial charge in [-0.15, -0.1) is 0 Å². The Balaban J connectivity index is 1.28. The summed E-state index contributed by atoms with van der Waals surface area (Å²) in [6.45, 7) is 0.763. The van der Waals surface area contributed by atoms with E-state index < -0.39 is 111 Å². The zero-order chi connectivity index (χ0) is 37.0. The monoisotopic (exact) mass is 737 g/mol. The molecule has 19 nitrogen and oxygen atoms in total. The lowest BCUT2D eigenvalue weighted by Gasteiger charge is -2.47. The van der Waals surface area contributed by atoms with Crippen LogP contribution in [0.5, 0.6) is 0 Å². The lowest BCUT2D eigenvalue weighted by Crippen LogP contribution is -2.64. The SMILES string of the molecule is NCC(O)CC[C@@H]1C[C@H](N)[C@@H](O[C@H]2O[C@H](CNCC3CC(N)C3)CC[C@H]2N)[C@H](O[C@@H]2O[C@H](CO)[C@@H](O[C@H]3O[C@@H](CN)[C@@H](O)[C@H](O)[C@H]3N)[C@H]2O)[C@H]1O. The number of rotatable bonds is 16. The summed E-state index contributed by atoms with van der Waals surface area (Å²) in [5.41, 5.74) is 36.5. The minimum absolute atomic E-state index is 0.0596. The Morgan fingerprint density at radius 1 is 0.706 bits per heavy atom. The third kappa shape index (κ3) is 9.92. The van der Waals surface area contributed by atoms with E-state index in [2.05, 4.69) is 5.32 Å². The van der Waals surface area contributed by atoms with Gasteiger partial charge in [-0.3, -0.25) is 0 Å². The van der Waals surface area contributed by atoms with Gasteiger partial charge in [0.2, 0.25) is 0 Å². The molecule has 298 valence electrons. The molecule has 18 atom stereocenters. The Bertz CT molecular complexity index is 1050. The molecule has 51 heavy (non-hydrogen) atoms. The molecule has 0 aromatic heterocycles. The van der Waals surface area contributed by atoms with Gasteiger partial charge in [0.25, 0.3) is 0 Å². The maximum atomic E-state index is 11.7. The van der Waals surface area contributed by atoms with Crippen LogP contribution < -0.4 is 39.7 Å². The Kier molecular flexibility index (Phi) is 15.2. The molecule has 1 unspecified atom stereocenters. The van der Waals surface area contributed by atoms with Crippen molar-refractivity contribution in [1.29, 1.82) is 0 Å². The summed E-state index contributed by atoms with van der Waals surface area (Å²) in [6, 6.07) is -2.10. The third-order valence-electron chi connectivity index (χ3n) is 11.2. The van der Waals surface area contributed by atoms with Gasteiger partial charge in [-0.05, 0) is 63.3 Å². The van der Waals surface area contributed by atoms with Crippen LogP contribution in [0.4, 0.5) is 0 Å². The summed E-state index contributed by atoms with van der Waals surface area (Å²) < 4.78 is 36.6. The molecule has 5 aliphatic rings. The summed E-state index contributed by atoms with van der Waals surface area (Å²) >= 11 is 0. The quantitative estimate of drug-likeness (QED) is 0.0701. The zero-order valence-electron chi connectivity index (χ0n) is 29.1. The molecule has 0 aromatic carbocycles. The van der Waals surface area contributed by atoms with Gasteiger partial charge in [-0.1, -0.05) is 0 Å². The highest BCUT2D eigenvalue weighted by Crippen LogP contribution is 2.37. The first kappa shape index (κ1) is 41.4. The second-order valence-electron chi connectivity index (χ2n) is 15.1. The summed E-state index contributed by atoms with van der Waals surface area (Å²) in [7, 11) is 0. The molecule has 5 fully saturated rings. The molecule has 3 heterocycles. The average molecular weight is 738 g/mol. The highest BCUT2D eigenvalue weighted by Gasteiger charge is 2.54. The molecule has 19 heteroatoms. The fourth-order valence-corrected chi connectivity index (χ4v) is 7.90. The van der Waals surface area contributed by atoms with Crippen LogP contribution in [0.1, 0.15) is 44.9 Å². The van der Waals surface area contributed by atoms with Crippen molar-refractivity contribution in [3.63, 3.8) is 0 Å². The first-order valence-electron chi connectivity index (χ1n) is 18.4. The standard InChI is InChI=1S/C32H63N7O12/c33-8-16(41)2-1-14-7-19(37)27(49-30-18(36)4-3-17(46-30)11-39-10-13-5-15(35)6-13)29(23(14)42)51-32-26(45)28(21(12-40)48-32)50-31-22(38)25(44)24(43)20(9-34)47-31/h13-32,39-45H,1-12,33-38H2/t13?,14-,15?,16?,17+,18-,19+,20+,21-,22-,23+,24-,25-,26-,27-,28-,29-,30-,31-,32+/m1/s1. The molecule has 2 aliphatic carbocycles. The average Bonchev–Trinajstić information content (AvgIpc) is 3.40. The van der Waals surface area contributed by atoms with Gasteiger partial charge in [-0.25, -0.2) is 0 Å². The second kappa shape index (κ2) is 18.7. The summed E-state index contributed by atoms with van der Waals surface area (Å²) in [4.78, 5) is 0. The van der Waals surface area contributed by atoms with E-state index in [-0.39, 0.29) is 25.2 Å². The van der Waals surface area contributed by atoms with Crippen molar-refractivity contribution in [2.45, 2.75) is 155 Å². The fourth-order valence-electron chi connectivity index (χ4n) is 7.90. The lowest BCUT2D eigenvalue weighted by molar-refractivity contribution is -0.292. The molecule has 0 aromatic rings. The number of nitrogens with two attached hydrogens (primary N) is 6. The first-order chi connectivity index (χ1) is 24.3. The van der Waals surface area contributed by atoms with E-state index in [1.165, 1.54) is 0 Å². The topological polar surface area (TPSA) is 345 Å². The summed E-state index contributed by atoms with van der Waals surface area (Å²) in [5.74, 6) is 0.117. The van der Waals surface area contributed by atoms with E-state index in [0.29, 0.717) is 38.1 Å². The Labute approximate surface area is 298 Å². The van der Waals surface area contributed by atoms with Crippen LogP contribution >= 0.6 is 0 Å². The molecule has 3 saturated heterocycles. The lowest BCUT2D eigenvalue weighted by atomic mass is 9.77. The molecule has 19 N–H and O–H groups in total. The van der Waals surface area contributed by atoms with Crippen LogP contribution in [0, 0.1) is 11.8 Å². The fraction of sp³-hybridized carbons (Fsp3) is 1.00. The predicted octanol–water partition coefficient (Wildman–Crippen LogP) is -6.08. The molecular weight excluding hydrogens is 674 g/mol. The predicted molar refractivity (Wildman–Crippen MR) is 180 cm³/mol. The molecule has 0 spiro atoms. The summed E-state index contributed by atoms with van der Waals surface area (Å²) in [5, 5.41) is 67.6. The number of ether oxygens (including phenoxy) is 6. The highest BCUT2D eigenvalue weighted by molar-refractivity contribution is 5.00. The van der Waals surface area contributed by atoms with Gasteiger partial charge in [0.05, 0.1) is 37.0 Å². The Hall–Kier alpha value is -0.760. The van der Waals surface area contributed by atoms with E-state index in [1.54, 1.807) is 0 Å². The molecule has 0 amide bonds. The highest BCUT2D eigenvalue weighted by atomic mass is 16.8. The maximum Gasteiger partial charge on any atom is 0.187 e. The molecule has 0 radical (unpaired) electrons. The maximum absolute atomic E-state index is 11.7. The van der Waals surface area contributed by atoms with Gasteiger partial charge in [0.15, 0.2) is 18.9 Å².